The van der Waals surface area contributed by atoms with Gasteiger partial charge in [-0.3, -0.25) is 14.6 Å². The minimum atomic E-state index is -0.305. The number of carbonyl (C=O) groups is 2. The third kappa shape index (κ3) is 4.68. The first kappa shape index (κ1) is 18.5. The minimum absolute atomic E-state index is 0.0826. The number of amides is 1. The molecule has 0 saturated carbocycles. The number of aromatic hydroxyl groups is 1. The number of rotatable bonds is 6. The van der Waals surface area contributed by atoms with E-state index in [0.717, 1.165) is 5.56 Å². The summed E-state index contributed by atoms with van der Waals surface area (Å²) in [5, 5.41) is 12.6. The first-order chi connectivity index (χ1) is 13.1. The summed E-state index contributed by atoms with van der Waals surface area (Å²) in [5.41, 5.74) is 1.53. The van der Waals surface area contributed by atoms with Gasteiger partial charge in [-0.25, -0.2) is 4.98 Å². The van der Waals surface area contributed by atoms with Crippen molar-refractivity contribution in [2.75, 3.05) is 5.32 Å². The summed E-state index contributed by atoms with van der Waals surface area (Å²) in [6, 6.07) is 9.56. The average Bonchev–Trinajstić information content (AvgIpc) is 2.69. The van der Waals surface area contributed by atoms with Crippen LogP contribution in [0.25, 0.3) is 0 Å². The van der Waals surface area contributed by atoms with Crippen molar-refractivity contribution in [2.24, 2.45) is 0 Å². The van der Waals surface area contributed by atoms with Crippen molar-refractivity contribution >= 4 is 33.9 Å². The highest BCUT2D eigenvalue weighted by Gasteiger charge is 2.10. The summed E-state index contributed by atoms with van der Waals surface area (Å²) < 4.78 is 6.03. The number of hydrogen-bond acceptors (Lipinski definition) is 6. The SMILES string of the molecule is O=Cc1cc(OCc2ccc(NC(=O)c3cccnc3)nc2)c(O)cc1Br. The molecular formula is C19H14BrN3O4. The van der Waals surface area contributed by atoms with E-state index in [2.05, 4.69) is 31.2 Å². The van der Waals surface area contributed by atoms with Crippen LogP contribution in [0.1, 0.15) is 26.3 Å². The number of ether oxygens (including phenoxy) is 1. The molecule has 0 atom stereocenters. The number of anilines is 1. The lowest BCUT2D eigenvalue weighted by molar-refractivity contribution is 0.102. The van der Waals surface area contributed by atoms with Crippen LogP contribution in [-0.2, 0) is 6.61 Å². The standard InChI is InChI=1S/C19H14BrN3O4/c20-15-7-16(25)17(6-14(15)10-24)27-11-12-3-4-18(22-8-12)23-19(26)13-2-1-5-21-9-13/h1-10,25H,11H2,(H,22,23,26). The van der Waals surface area contributed by atoms with Gasteiger partial charge in [0.05, 0.1) is 5.56 Å². The van der Waals surface area contributed by atoms with E-state index < -0.39 is 0 Å². The quantitative estimate of drug-likeness (QED) is 0.582. The largest absolute Gasteiger partial charge is 0.504 e. The van der Waals surface area contributed by atoms with Crippen molar-refractivity contribution in [3.8, 4) is 11.5 Å². The zero-order chi connectivity index (χ0) is 19.2. The smallest absolute Gasteiger partial charge is 0.258 e. The highest BCUT2D eigenvalue weighted by Crippen LogP contribution is 2.32. The maximum Gasteiger partial charge on any atom is 0.258 e. The molecule has 2 aromatic heterocycles. The van der Waals surface area contributed by atoms with Gasteiger partial charge in [-0.2, -0.15) is 0 Å². The topological polar surface area (TPSA) is 101 Å². The van der Waals surface area contributed by atoms with Crippen molar-refractivity contribution in [1.29, 1.82) is 0 Å². The number of halogens is 1. The Balaban J connectivity index is 1.63. The molecule has 0 aliphatic carbocycles. The van der Waals surface area contributed by atoms with Gasteiger partial charge in [-0.05, 0) is 46.3 Å². The molecule has 3 rings (SSSR count). The van der Waals surface area contributed by atoms with Crippen molar-refractivity contribution in [3.63, 3.8) is 0 Å². The van der Waals surface area contributed by atoms with Crippen LogP contribution >= 0.6 is 15.9 Å². The van der Waals surface area contributed by atoms with Crippen molar-refractivity contribution in [3.05, 3.63) is 76.2 Å². The van der Waals surface area contributed by atoms with E-state index in [1.165, 1.54) is 18.3 Å². The maximum atomic E-state index is 12.1. The zero-order valence-corrected chi connectivity index (χ0v) is 15.5. The molecule has 27 heavy (non-hydrogen) atoms. The molecule has 0 unspecified atom stereocenters. The molecule has 0 spiro atoms. The Bertz CT molecular complexity index is 963. The lowest BCUT2D eigenvalue weighted by Crippen LogP contribution is -2.13. The molecule has 0 aliphatic heterocycles. The molecule has 2 N–H and O–H groups in total. The van der Waals surface area contributed by atoms with Crippen LogP contribution < -0.4 is 10.1 Å². The van der Waals surface area contributed by atoms with Gasteiger partial charge in [-0.15, -0.1) is 0 Å². The Morgan fingerprint density at radius 1 is 1.26 bits per heavy atom. The molecule has 3 aromatic rings. The van der Waals surface area contributed by atoms with Crippen LogP contribution in [0.2, 0.25) is 0 Å². The van der Waals surface area contributed by atoms with Gasteiger partial charge in [-0.1, -0.05) is 6.07 Å². The van der Waals surface area contributed by atoms with Gasteiger partial charge >= 0.3 is 0 Å². The summed E-state index contributed by atoms with van der Waals surface area (Å²) in [7, 11) is 0. The summed E-state index contributed by atoms with van der Waals surface area (Å²) in [6.07, 6.45) is 5.27. The van der Waals surface area contributed by atoms with Crippen molar-refractivity contribution in [2.45, 2.75) is 6.61 Å². The fourth-order valence-electron chi connectivity index (χ4n) is 2.19. The molecule has 1 amide bonds. The molecular weight excluding hydrogens is 414 g/mol. The van der Waals surface area contributed by atoms with Crippen LogP contribution in [0.4, 0.5) is 5.82 Å². The highest BCUT2D eigenvalue weighted by molar-refractivity contribution is 9.10. The van der Waals surface area contributed by atoms with E-state index in [1.54, 1.807) is 36.7 Å². The molecule has 0 saturated heterocycles. The predicted octanol–water partition coefficient (Wildman–Crippen LogP) is 3.59. The lowest BCUT2D eigenvalue weighted by Gasteiger charge is -2.10. The van der Waals surface area contributed by atoms with E-state index in [4.69, 9.17) is 4.74 Å². The number of hydrogen-bond donors (Lipinski definition) is 2. The van der Waals surface area contributed by atoms with Crippen LogP contribution in [0.5, 0.6) is 11.5 Å². The van der Waals surface area contributed by atoms with Gasteiger partial charge < -0.3 is 15.2 Å². The Hall–Kier alpha value is -3.26. The molecule has 0 bridgehead atoms. The van der Waals surface area contributed by atoms with Crippen LogP contribution in [0, 0.1) is 0 Å². The predicted molar refractivity (Wildman–Crippen MR) is 102 cm³/mol. The fraction of sp³-hybridized carbons (Fsp3) is 0.0526. The average molecular weight is 428 g/mol. The highest BCUT2D eigenvalue weighted by atomic mass is 79.9. The van der Waals surface area contributed by atoms with E-state index in [9.17, 15) is 14.7 Å². The number of carbonyl (C=O) groups excluding carboxylic acids is 2. The number of phenolic OH excluding ortho intramolecular Hbond substituents is 1. The second-order valence-electron chi connectivity index (χ2n) is 5.50. The maximum absolute atomic E-state index is 12.1. The Kier molecular flexibility index (Phi) is 5.77. The fourth-order valence-corrected chi connectivity index (χ4v) is 2.62. The van der Waals surface area contributed by atoms with Crippen molar-refractivity contribution < 1.29 is 19.4 Å². The van der Waals surface area contributed by atoms with E-state index >= 15 is 0 Å². The van der Waals surface area contributed by atoms with E-state index in [1.807, 2.05) is 0 Å². The van der Waals surface area contributed by atoms with Crippen LogP contribution in [0.15, 0.2) is 59.5 Å². The van der Waals surface area contributed by atoms with E-state index in [0.29, 0.717) is 27.7 Å². The van der Waals surface area contributed by atoms with Gasteiger partial charge in [0.2, 0.25) is 0 Å². The first-order valence-electron chi connectivity index (χ1n) is 7.83. The Morgan fingerprint density at radius 3 is 2.78 bits per heavy atom. The molecule has 0 radical (unpaired) electrons. The molecule has 7 nitrogen and oxygen atoms in total. The van der Waals surface area contributed by atoms with E-state index in [-0.39, 0.29) is 24.0 Å². The number of aromatic nitrogens is 2. The number of nitrogens with one attached hydrogen (secondary N) is 1. The van der Waals surface area contributed by atoms with Gasteiger partial charge in [0.15, 0.2) is 17.8 Å². The number of benzene rings is 1. The number of phenols is 1. The Labute approximate surface area is 163 Å². The molecule has 2 heterocycles. The first-order valence-corrected chi connectivity index (χ1v) is 8.63. The minimum Gasteiger partial charge on any atom is -0.504 e. The second kappa shape index (κ2) is 8.41. The molecule has 1 aromatic carbocycles. The molecule has 136 valence electrons. The van der Waals surface area contributed by atoms with Crippen LogP contribution in [-0.4, -0.2) is 27.3 Å². The third-order valence-electron chi connectivity index (χ3n) is 3.59. The number of nitrogens with zero attached hydrogens (tertiary/aromatic N) is 2. The summed E-state index contributed by atoms with van der Waals surface area (Å²) >= 11 is 3.19. The second-order valence-corrected chi connectivity index (χ2v) is 6.35. The molecule has 8 heteroatoms. The van der Waals surface area contributed by atoms with Gasteiger partial charge in [0, 0.05) is 34.2 Å². The van der Waals surface area contributed by atoms with Crippen molar-refractivity contribution in [1.82, 2.24) is 9.97 Å². The van der Waals surface area contributed by atoms with Gasteiger partial charge in [0.1, 0.15) is 12.4 Å². The summed E-state index contributed by atoms with van der Waals surface area (Å²) in [6.45, 7) is 0.136. The third-order valence-corrected chi connectivity index (χ3v) is 4.28. The summed E-state index contributed by atoms with van der Waals surface area (Å²) in [5.74, 6) is 0.193. The lowest BCUT2D eigenvalue weighted by atomic mass is 10.2. The van der Waals surface area contributed by atoms with Crippen LogP contribution in [0.3, 0.4) is 0 Å². The summed E-state index contributed by atoms with van der Waals surface area (Å²) in [4.78, 5) is 31.1. The monoisotopic (exact) mass is 427 g/mol. The normalized spacial score (nSPS) is 10.3. The molecule has 0 aliphatic rings. The number of aldehydes is 1. The molecule has 0 fully saturated rings. The Morgan fingerprint density at radius 2 is 2.11 bits per heavy atom. The van der Waals surface area contributed by atoms with Gasteiger partial charge in [0.25, 0.3) is 5.91 Å². The zero-order valence-electron chi connectivity index (χ0n) is 13.9. The number of pyridine rings is 2.